The molecule has 0 aromatic carbocycles. The van der Waals surface area contributed by atoms with Gasteiger partial charge in [0.05, 0.1) is 5.69 Å². The summed E-state index contributed by atoms with van der Waals surface area (Å²) < 4.78 is 13.2. The van der Waals surface area contributed by atoms with Crippen molar-refractivity contribution in [1.82, 2.24) is 4.98 Å². The Balaban J connectivity index is 3.13. The van der Waals surface area contributed by atoms with E-state index in [1.165, 1.54) is 0 Å². The molecule has 0 amide bonds. The van der Waals surface area contributed by atoms with Gasteiger partial charge in [-0.1, -0.05) is 43.7 Å². The van der Waals surface area contributed by atoms with Gasteiger partial charge in [0, 0.05) is 5.41 Å². The number of thiazole rings is 1. The molecule has 0 aliphatic carbocycles. The summed E-state index contributed by atoms with van der Waals surface area (Å²) in [7, 11) is 0. The highest BCUT2D eigenvalue weighted by Gasteiger charge is 2.22. The molecule has 0 radical (unpaired) electrons. The molecule has 1 heterocycles. The van der Waals surface area contributed by atoms with Gasteiger partial charge in [-0.3, -0.25) is 0 Å². The quantitative estimate of drug-likeness (QED) is 0.617. The van der Waals surface area contributed by atoms with Crippen LogP contribution in [0.15, 0.2) is 0 Å². The predicted molar refractivity (Wildman–Crippen MR) is 45.8 cm³/mol. The van der Waals surface area contributed by atoms with Gasteiger partial charge in [-0.15, -0.1) is 0 Å². The minimum atomic E-state index is -0.275. The van der Waals surface area contributed by atoms with Crippen molar-refractivity contribution in [2.75, 3.05) is 0 Å². The van der Waals surface area contributed by atoms with Crippen LogP contribution in [0.2, 0.25) is 4.47 Å². The van der Waals surface area contributed by atoms with Crippen molar-refractivity contribution in [3.05, 3.63) is 15.3 Å². The molecule has 0 aliphatic heterocycles. The van der Waals surface area contributed by atoms with Gasteiger partial charge in [-0.05, 0) is 0 Å². The van der Waals surface area contributed by atoms with Gasteiger partial charge < -0.3 is 0 Å². The highest BCUT2D eigenvalue weighted by Crippen LogP contribution is 2.29. The molecule has 0 bridgehead atoms. The second-order valence-corrected chi connectivity index (χ2v) is 4.87. The minimum absolute atomic E-state index is 0.256. The Morgan fingerprint density at radius 2 is 2.00 bits per heavy atom. The van der Waals surface area contributed by atoms with Gasteiger partial charge in [0.1, 0.15) is 0 Å². The van der Waals surface area contributed by atoms with Gasteiger partial charge in [0.2, 0.25) is 5.13 Å². The fourth-order valence-corrected chi connectivity index (χ4v) is 1.76. The van der Waals surface area contributed by atoms with E-state index in [4.69, 9.17) is 11.6 Å². The minimum Gasteiger partial charge on any atom is -0.226 e. The summed E-state index contributed by atoms with van der Waals surface area (Å²) in [6.07, 6.45) is 0. The predicted octanol–water partition coefficient (Wildman–Crippen LogP) is 3.23. The Morgan fingerprint density at radius 1 is 1.45 bits per heavy atom. The van der Waals surface area contributed by atoms with E-state index in [-0.39, 0.29) is 15.0 Å². The van der Waals surface area contributed by atoms with E-state index < -0.39 is 0 Å². The summed E-state index contributed by atoms with van der Waals surface area (Å²) in [5, 5.41) is -0.275. The van der Waals surface area contributed by atoms with Gasteiger partial charge in [0.25, 0.3) is 0 Å². The zero-order valence-corrected chi connectivity index (χ0v) is 8.18. The molecular formula is C7H9ClFNS. The molecule has 62 valence electrons. The average Bonchev–Trinajstić information content (AvgIpc) is 2.08. The van der Waals surface area contributed by atoms with Crippen LogP contribution in [0, 0.1) is 5.13 Å². The molecule has 0 atom stereocenters. The smallest absolute Gasteiger partial charge is 0.201 e. The zero-order chi connectivity index (χ0) is 8.65. The zero-order valence-electron chi connectivity index (χ0n) is 6.61. The Bertz CT molecular complexity index is 264. The Labute approximate surface area is 74.2 Å². The highest BCUT2D eigenvalue weighted by molar-refractivity contribution is 7.14. The standard InChI is InChI=1S/C7H9ClFNS/c1-7(2,3)4-5(9)11-6(8)10-4/h1-3H3. The van der Waals surface area contributed by atoms with Crippen molar-refractivity contribution in [2.24, 2.45) is 0 Å². The Kier molecular flexibility index (Phi) is 2.21. The van der Waals surface area contributed by atoms with Crippen molar-refractivity contribution < 1.29 is 4.39 Å². The summed E-state index contributed by atoms with van der Waals surface area (Å²) in [4.78, 5) is 3.89. The Morgan fingerprint density at radius 3 is 2.18 bits per heavy atom. The van der Waals surface area contributed by atoms with E-state index in [0.717, 1.165) is 11.3 Å². The fraction of sp³-hybridized carbons (Fsp3) is 0.571. The van der Waals surface area contributed by atoms with Gasteiger partial charge in [-0.2, -0.15) is 4.39 Å². The van der Waals surface area contributed by atoms with Crippen LogP contribution in [0.3, 0.4) is 0 Å². The first kappa shape index (κ1) is 8.94. The van der Waals surface area contributed by atoms with Crippen molar-refractivity contribution in [1.29, 1.82) is 0 Å². The lowest BCUT2D eigenvalue weighted by atomic mass is 9.93. The first-order chi connectivity index (χ1) is 4.91. The number of nitrogens with zero attached hydrogens (tertiary/aromatic N) is 1. The molecule has 0 aliphatic rings. The molecule has 1 rings (SSSR count). The summed E-state index contributed by atoms with van der Waals surface area (Å²) in [6.45, 7) is 5.71. The van der Waals surface area contributed by atoms with E-state index in [9.17, 15) is 4.39 Å². The van der Waals surface area contributed by atoms with Crippen LogP contribution in [0.25, 0.3) is 0 Å². The Hall–Kier alpha value is -0.150. The summed E-state index contributed by atoms with van der Waals surface area (Å²) >= 11 is 6.42. The largest absolute Gasteiger partial charge is 0.226 e. The van der Waals surface area contributed by atoms with Crippen LogP contribution in [-0.2, 0) is 5.41 Å². The lowest BCUT2D eigenvalue weighted by Gasteiger charge is -2.14. The maximum absolute atomic E-state index is 13.0. The van der Waals surface area contributed by atoms with Crippen molar-refractivity contribution in [3.8, 4) is 0 Å². The maximum Gasteiger partial charge on any atom is 0.201 e. The topological polar surface area (TPSA) is 12.9 Å². The second-order valence-electron chi connectivity index (χ2n) is 3.34. The SMILES string of the molecule is CC(C)(C)c1nc(Cl)sc1F. The highest BCUT2D eigenvalue weighted by atomic mass is 35.5. The number of halogens is 2. The molecule has 11 heavy (non-hydrogen) atoms. The van der Waals surface area contributed by atoms with Crippen LogP contribution < -0.4 is 0 Å². The van der Waals surface area contributed by atoms with Gasteiger partial charge in [0.15, 0.2) is 4.47 Å². The second kappa shape index (κ2) is 2.72. The molecule has 0 N–H and O–H groups in total. The molecular weight excluding hydrogens is 185 g/mol. The molecule has 1 nitrogen and oxygen atoms in total. The van der Waals surface area contributed by atoms with Crippen molar-refractivity contribution in [2.45, 2.75) is 26.2 Å². The monoisotopic (exact) mass is 193 g/mol. The fourth-order valence-electron chi connectivity index (χ4n) is 0.739. The lowest BCUT2D eigenvalue weighted by Crippen LogP contribution is -2.13. The van der Waals surface area contributed by atoms with Crippen LogP contribution in [0.5, 0.6) is 0 Å². The van der Waals surface area contributed by atoms with Crippen molar-refractivity contribution in [3.63, 3.8) is 0 Å². The van der Waals surface area contributed by atoms with Crippen LogP contribution in [0.4, 0.5) is 4.39 Å². The number of rotatable bonds is 0. The summed E-state index contributed by atoms with van der Waals surface area (Å²) in [6, 6.07) is 0. The van der Waals surface area contributed by atoms with E-state index in [0.29, 0.717) is 5.69 Å². The first-order valence-electron chi connectivity index (χ1n) is 3.23. The van der Waals surface area contributed by atoms with E-state index in [1.54, 1.807) is 0 Å². The molecule has 1 aromatic rings. The molecule has 1 aromatic heterocycles. The average molecular weight is 194 g/mol. The first-order valence-corrected chi connectivity index (χ1v) is 4.43. The molecule has 0 saturated heterocycles. The molecule has 0 spiro atoms. The van der Waals surface area contributed by atoms with E-state index >= 15 is 0 Å². The normalized spacial score (nSPS) is 12.1. The third-order valence-corrected chi connectivity index (χ3v) is 2.22. The van der Waals surface area contributed by atoms with Gasteiger partial charge in [-0.25, -0.2) is 4.98 Å². The molecule has 0 saturated carbocycles. The number of aromatic nitrogens is 1. The maximum atomic E-state index is 13.0. The van der Waals surface area contributed by atoms with Crippen LogP contribution in [-0.4, -0.2) is 4.98 Å². The number of hydrogen-bond donors (Lipinski definition) is 0. The molecule has 0 unspecified atom stereocenters. The van der Waals surface area contributed by atoms with Crippen LogP contribution >= 0.6 is 22.9 Å². The van der Waals surface area contributed by atoms with E-state index in [2.05, 4.69) is 4.98 Å². The summed E-state index contributed by atoms with van der Waals surface area (Å²) in [5.74, 6) is 0. The van der Waals surface area contributed by atoms with Crippen LogP contribution in [0.1, 0.15) is 26.5 Å². The van der Waals surface area contributed by atoms with Crippen molar-refractivity contribution >= 4 is 22.9 Å². The third-order valence-electron chi connectivity index (χ3n) is 1.27. The molecule has 4 heteroatoms. The van der Waals surface area contributed by atoms with E-state index in [1.807, 2.05) is 20.8 Å². The third kappa shape index (κ3) is 1.91. The van der Waals surface area contributed by atoms with Gasteiger partial charge >= 0.3 is 0 Å². The number of hydrogen-bond acceptors (Lipinski definition) is 2. The molecule has 0 fully saturated rings. The summed E-state index contributed by atoms with van der Waals surface area (Å²) in [5.41, 5.74) is 0.195. The lowest BCUT2D eigenvalue weighted by molar-refractivity contribution is 0.521.